The summed E-state index contributed by atoms with van der Waals surface area (Å²) < 4.78 is 52.8. The minimum absolute atomic E-state index is 0.0486. The maximum atomic E-state index is 14.2. The summed E-state index contributed by atoms with van der Waals surface area (Å²) in [5, 5.41) is 8.38. The summed E-state index contributed by atoms with van der Waals surface area (Å²) in [5.74, 6) is -1.23. The van der Waals surface area contributed by atoms with Crippen LogP contribution in [0.4, 0.5) is 28.3 Å². The Hall–Kier alpha value is -2.99. The summed E-state index contributed by atoms with van der Waals surface area (Å²) in [5.41, 5.74) is -0.678. The lowest BCUT2D eigenvalue weighted by Gasteiger charge is -2.30. The monoisotopic (exact) mass is 509 g/mol. The first-order valence-corrected chi connectivity index (χ1v) is 11.9. The number of hydrogen-bond acceptors (Lipinski definition) is 7. The van der Waals surface area contributed by atoms with Crippen LogP contribution < -0.4 is 16.0 Å². The molecule has 0 atom stereocenters. The highest BCUT2D eigenvalue weighted by Crippen LogP contribution is 2.32. The van der Waals surface area contributed by atoms with Crippen LogP contribution in [0.5, 0.6) is 0 Å². The molecule has 0 radical (unpaired) electrons. The third kappa shape index (κ3) is 6.57. The van der Waals surface area contributed by atoms with E-state index < -0.39 is 28.7 Å². The molecular weight excluding hydrogens is 486 g/mol. The molecule has 186 valence electrons. The van der Waals surface area contributed by atoms with Gasteiger partial charge in [0.25, 0.3) is 11.1 Å². The number of carbonyl (C=O) groups is 2. The molecule has 12 heteroatoms. The van der Waals surface area contributed by atoms with Crippen molar-refractivity contribution < 1.29 is 27.2 Å². The lowest BCUT2D eigenvalue weighted by atomic mass is 9.91. The Labute approximate surface area is 203 Å². The van der Waals surface area contributed by atoms with Gasteiger partial charge in [0.15, 0.2) is 0 Å². The number of halogens is 4. The average molecular weight is 510 g/mol. The quantitative estimate of drug-likeness (QED) is 0.373. The van der Waals surface area contributed by atoms with E-state index in [1.54, 1.807) is 12.3 Å². The van der Waals surface area contributed by atoms with Crippen molar-refractivity contribution in [2.24, 2.45) is 0 Å². The summed E-state index contributed by atoms with van der Waals surface area (Å²) in [6.45, 7) is 0.384. The molecule has 1 aromatic carbocycles. The number of amides is 2. The van der Waals surface area contributed by atoms with E-state index in [0.29, 0.717) is 18.2 Å². The maximum Gasteiger partial charge on any atom is 0.419 e. The molecule has 0 unspecified atom stereocenters. The predicted molar refractivity (Wildman–Crippen MR) is 124 cm³/mol. The normalized spacial score (nSPS) is 21.9. The van der Waals surface area contributed by atoms with Crippen molar-refractivity contribution in [2.45, 2.75) is 50.4 Å². The number of anilines is 1. The molecule has 3 N–H and O–H groups in total. The van der Waals surface area contributed by atoms with Crippen molar-refractivity contribution in [1.29, 1.82) is 0 Å². The van der Waals surface area contributed by atoms with Crippen molar-refractivity contribution in [3.8, 4) is 0 Å². The van der Waals surface area contributed by atoms with Gasteiger partial charge in [0, 0.05) is 18.3 Å². The van der Waals surface area contributed by atoms with E-state index in [0.717, 1.165) is 43.5 Å². The molecular formula is C23H23F4N5O2S. The maximum absolute atomic E-state index is 14.2. The number of imide groups is 1. The van der Waals surface area contributed by atoms with Crippen molar-refractivity contribution in [1.82, 2.24) is 20.6 Å². The SMILES string of the molecule is O=C1NC(=O)C(=Cc2ccnc(N[C@H]3CC[C@H](NCCc4cccc(C(F)(F)F)c4F)CC3)n2)S1. The van der Waals surface area contributed by atoms with Crippen LogP contribution in [0.1, 0.15) is 42.5 Å². The van der Waals surface area contributed by atoms with Gasteiger partial charge in [-0.15, -0.1) is 0 Å². The second-order valence-corrected chi connectivity index (χ2v) is 9.35. The summed E-state index contributed by atoms with van der Waals surface area (Å²) in [4.78, 5) is 31.9. The third-order valence-electron chi connectivity index (χ3n) is 5.87. The molecule has 35 heavy (non-hydrogen) atoms. The molecule has 2 fully saturated rings. The zero-order chi connectivity index (χ0) is 25.0. The standard InChI is InChI=1S/C23H23F4N5O2S/c24-19-13(2-1-3-17(19)23(25,26)27)8-10-28-14-4-6-15(7-5-14)30-21-29-11-9-16(31-21)12-18-20(33)32-22(34)35-18/h1-3,9,11-12,14-15,28H,4-8,10H2,(H,29,30,31)(H,32,33,34)/t14-,15-. The minimum atomic E-state index is -4.71. The van der Waals surface area contributed by atoms with E-state index in [4.69, 9.17) is 0 Å². The Morgan fingerprint density at radius 3 is 2.54 bits per heavy atom. The van der Waals surface area contributed by atoms with Gasteiger partial charge in [0.1, 0.15) is 5.82 Å². The first-order chi connectivity index (χ1) is 16.7. The molecule has 2 aromatic rings. The Morgan fingerprint density at radius 2 is 1.86 bits per heavy atom. The number of aromatic nitrogens is 2. The molecule has 0 bridgehead atoms. The molecule has 4 rings (SSSR count). The van der Waals surface area contributed by atoms with Crippen LogP contribution in [0.2, 0.25) is 0 Å². The van der Waals surface area contributed by atoms with Gasteiger partial charge in [-0.25, -0.2) is 14.4 Å². The van der Waals surface area contributed by atoms with Gasteiger partial charge >= 0.3 is 6.18 Å². The van der Waals surface area contributed by atoms with Crippen LogP contribution >= 0.6 is 11.8 Å². The number of nitrogens with one attached hydrogen (secondary N) is 3. The van der Waals surface area contributed by atoms with Gasteiger partial charge in [0.2, 0.25) is 5.95 Å². The van der Waals surface area contributed by atoms with Crippen LogP contribution in [0.25, 0.3) is 6.08 Å². The molecule has 1 aliphatic carbocycles. The number of thioether (sulfide) groups is 1. The minimum Gasteiger partial charge on any atom is -0.351 e. The summed E-state index contributed by atoms with van der Waals surface area (Å²) >= 11 is 0.821. The second kappa shape index (κ2) is 10.7. The van der Waals surface area contributed by atoms with Gasteiger partial charge < -0.3 is 10.6 Å². The number of rotatable bonds is 7. The zero-order valence-corrected chi connectivity index (χ0v) is 19.3. The molecule has 1 saturated carbocycles. The Morgan fingerprint density at radius 1 is 1.11 bits per heavy atom. The predicted octanol–water partition coefficient (Wildman–Crippen LogP) is 4.51. The van der Waals surface area contributed by atoms with E-state index in [1.807, 2.05) is 0 Å². The summed E-state index contributed by atoms with van der Waals surface area (Å²) in [6, 6.07) is 5.33. The number of carbonyl (C=O) groups excluding carboxylic acids is 2. The van der Waals surface area contributed by atoms with Gasteiger partial charge in [-0.05, 0) is 74.2 Å². The Kier molecular flexibility index (Phi) is 7.70. The first kappa shape index (κ1) is 25.1. The molecule has 2 amide bonds. The third-order valence-corrected chi connectivity index (χ3v) is 6.68. The molecule has 2 aliphatic rings. The fourth-order valence-electron chi connectivity index (χ4n) is 4.11. The number of benzene rings is 1. The summed E-state index contributed by atoms with van der Waals surface area (Å²) in [7, 11) is 0. The van der Waals surface area contributed by atoms with Crippen molar-refractivity contribution >= 4 is 34.9 Å². The van der Waals surface area contributed by atoms with E-state index in [9.17, 15) is 27.2 Å². The lowest BCUT2D eigenvalue weighted by Crippen LogP contribution is -2.38. The molecule has 2 heterocycles. The average Bonchev–Trinajstić information content (AvgIpc) is 3.12. The van der Waals surface area contributed by atoms with E-state index in [2.05, 4.69) is 25.9 Å². The van der Waals surface area contributed by atoms with Crippen molar-refractivity contribution in [3.63, 3.8) is 0 Å². The van der Waals surface area contributed by atoms with Gasteiger partial charge in [0.05, 0.1) is 16.2 Å². The van der Waals surface area contributed by atoms with Crippen LogP contribution in [-0.4, -0.2) is 39.7 Å². The van der Waals surface area contributed by atoms with E-state index >= 15 is 0 Å². The first-order valence-electron chi connectivity index (χ1n) is 11.1. The second-order valence-electron chi connectivity index (χ2n) is 8.33. The topological polar surface area (TPSA) is 96.0 Å². The highest BCUT2D eigenvalue weighted by atomic mass is 32.2. The Balaban J connectivity index is 1.24. The largest absolute Gasteiger partial charge is 0.419 e. The van der Waals surface area contributed by atoms with Gasteiger partial charge in [-0.2, -0.15) is 13.2 Å². The number of nitrogens with zero attached hydrogens (tertiary/aromatic N) is 2. The van der Waals surface area contributed by atoms with Crippen LogP contribution in [0, 0.1) is 5.82 Å². The highest BCUT2D eigenvalue weighted by Gasteiger charge is 2.34. The molecule has 1 aliphatic heterocycles. The van der Waals surface area contributed by atoms with Crippen LogP contribution in [0.15, 0.2) is 35.4 Å². The lowest BCUT2D eigenvalue weighted by molar-refractivity contribution is -0.140. The van der Waals surface area contributed by atoms with Gasteiger partial charge in [-0.1, -0.05) is 12.1 Å². The van der Waals surface area contributed by atoms with Crippen molar-refractivity contribution in [2.75, 3.05) is 11.9 Å². The van der Waals surface area contributed by atoms with Crippen LogP contribution in [-0.2, 0) is 17.4 Å². The van der Waals surface area contributed by atoms with Crippen LogP contribution in [0.3, 0.4) is 0 Å². The highest BCUT2D eigenvalue weighted by molar-refractivity contribution is 8.18. The number of alkyl halides is 3. The van der Waals surface area contributed by atoms with Crippen molar-refractivity contribution in [3.05, 3.63) is 58.0 Å². The summed E-state index contributed by atoms with van der Waals surface area (Å²) in [6.07, 6.45) is 1.91. The van der Waals surface area contributed by atoms with E-state index in [1.165, 1.54) is 18.2 Å². The fourth-order valence-corrected chi connectivity index (χ4v) is 4.77. The van der Waals surface area contributed by atoms with E-state index in [-0.39, 0.29) is 29.0 Å². The molecule has 7 nitrogen and oxygen atoms in total. The smallest absolute Gasteiger partial charge is 0.351 e. The number of hydrogen-bond donors (Lipinski definition) is 3. The Bertz CT molecular complexity index is 1130. The zero-order valence-electron chi connectivity index (χ0n) is 18.5. The fraction of sp³-hybridized carbons (Fsp3) is 0.391. The molecule has 1 saturated heterocycles. The molecule has 1 aromatic heterocycles. The van der Waals surface area contributed by atoms with Gasteiger partial charge in [-0.3, -0.25) is 14.9 Å². The molecule has 0 spiro atoms.